The highest BCUT2D eigenvalue weighted by Crippen LogP contribution is 2.22. The van der Waals surface area contributed by atoms with Gasteiger partial charge in [0.05, 0.1) is 0 Å². The lowest BCUT2D eigenvalue weighted by molar-refractivity contribution is -0.140. The lowest BCUT2D eigenvalue weighted by Crippen LogP contribution is -2.58. The van der Waals surface area contributed by atoms with Crippen molar-refractivity contribution in [2.75, 3.05) is 19.6 Å². The van der Waals surface area contributed by atoms with E-state index < -0.39 is 12.0 Å². The molecular weight excluding hydrogens is 262 g/mol. The molecule has 2 atom stereocenters. The van der Waals surface area contributed by atoms with Crippen molar-refractivity contribution in [3.05, 3.63) is 0 Å². The summed E-state index contributed by atoms with van der Waals surface area (Å²) in [6, 6.07) is -1.15. The number of aliphatic carboxylic acids is 1. The lowest BCUT2D eigenvalue weighted by atomic mass is 10.1. The molecule has 2 aliphatic rings. The molecule has 2 aliphatic heterocycles. The Balaban J connectivity index is 1.94. The first-order chi connectivity index (χ1) is 9.40. The van der Waals surface area contributed by atoms with Gasteiger partial charge >= 0.3 is 12.0 Å². The van der Waals surface area contributed by atoms with Crippen LogP contribution in [-0.2, 0) is 9.59 Å². The summed E-state index contributed by atoms with van der Waals surface area (Å²) in [5.74, 6) is -1.05. The Morgan fingerprint density at radius 3 is 2.65 bits per heavy atom. The van der Waals surface area contributed by atoms with Crippen molar-refractivity contribution >= 4 is 17.9 Å². The van der Waals surface area contributed by atoms with Crippen LogP contribution in [-0.4, -0.2) is 64.5 Å². The number of rotatable bonds is 3. The first kappa shape index (κ1) is 14.6. The molecule has 0 aliphatic carbocycles. The van der Waals surface area contributed by atoms with Gasteiger partial charge in [-0.15, -0.1) is 0 Å². The number of carbonyl (C=O) groups is 3. The van der Waals surface area contributed by atoms with Crippen LogP contribution < -0.4 is 5.32 Å². The smallest absolute Gasteiger partial charge is 0.326 e. The van der Waals surface area contributed by atoms with E-state index in [1.54, 1.807) is 18.7 Å². The third-order valence-corrected chi connectivity index (χ3v) is 3.99. The molecule has 0 aromatic rings. The number of carboxylic acids is 1. The first-order valence-electron chi connectivity index (χ1n) is 6.98. The molecule has 0 aromatic carbocycles. The van der Waals surface area contributed by atoms with Gasteiger partial charge in [0.1, 0.15) is 6.04 Å². The van der Waals surface area contributed by atoms with Crippen LogP contribution in [0.1, 0.15) is 26.7 Å². The van der Waals surface area contributed by atoms with Crippen LogP contribution in [0.5, 0.6) is 0 Å². The highest BCUT2D eigenvalue weighted by atomic mass is 16.4. The minimum absolute atomic E-state index is 0.0873. The van der Waals surface area contributed by atoms with Crippen molar-refractivity contribution < 1.29 is 19.5 Å². The highest BCUT2D eigenvalue weighted by molar-refractivity contribution is 5.83. The normalized spacial score (nSPS) is 23.8. The van der Waals surface area contributed by atoms with Crippen LogP contribution in [0.2, 0.25) is 0 Å². The second-order valence-corrected chi connectivity index (χ2v) is 5.74. The summed E-state index contributed by atoms with van der Waals surface area (Å²) in [5.41, 5.74) is 0. The summed E-state index contributed by atoms with van der Waals surface area (Å²) in [4.78, 5) is 38.2. The van der Waals surface area contributed by atoms with Crippen LogP contribution in [0.3, 0.4) is 0 Å². The average Bonchev–Trinajstić information content (AvgIpc) is 2.76. The van der Waals surface area contributed by atoms with E-state index in [-0.39, 0.29) is 23.9 Å². The molecule has 7 heteroatoms. The Kier molecular flexibility index (Phi) is 4.15. The largest absolute Gasteiger partial charge is 0.480 e. The molecule has 112 valence electrons. The van der Waals surface area contributed by atoms with Gasteiger partial charge in [0.15, 0.2) is 0 Å². The Labute approximate surface area is 117 Å². The van der Waals surface area contributed by atoms with Crippen molar-refractivity contribution in [3.8, 4) is 0 Å². The van der Waals surface area contributed by atoms with E-state index in [1.807, 2.05) is 4.90 Å². The Morgan fingerprint density at radius 2 is 2.05 bits per heavy atom. The van der Waals surface area contributed by atoms with Crippen LogP contribution in [0, 0.1) is 5.92 Å². The molecule has 0 aromatic heterocycles. The molecule has 0 spiro atoms. The van der Waals surface area contributed by atoms with E-state index in [0.717, 1.165) is 6.42 Å². The van der Waals surface area contributed by atoms with E-state index in [1.165, 1.54) is 0 Å². The second-order valence-electron chi connectivity index (χ2n) is 5.74. The summed E-state index contributed by atoms with van der Waals surface area (Å²) < 4.78 is 0. The summed E-state index contributed by atoms with van der Waals surface area (Å²) in [6.07, 6.45) is 1.32. The molecule has 20 heavy (non-hydrogen) atoms. The fourth-order valence-electron chi connectivity index (χ4n) is 2.79. The van der Waals surface area contributed by atoms with Crippen LogP contribution in [0.15, 0.2) is 0 Å². The molecule has 0 radical (unpaired) electrons. The number of carboxylic acid groups (broad SMARTS) is 1. The van der Waals surface area contributed by atoms with Crippen molar-refractivity contribution in [1.29, 1.82) is 0 Å². The standard InChI is InChI=1S/C13H21N3O4/c1-8(2)11(12(18)19)14-13(20)15-5-6-16-9(7-15)3-4-10(16)17/h8-9,11H,3-7H2,1-2H3,(H,14,20)(H,18,19). The molecule has 0 bridgehead atoms. The molecule has 2 N–H and O–H groups in total. The number of nitrogens with zero attached hydrogens (tertiary/aromatic N) is 2. The molecular formula is C13H21N3O4. The van der Waals surface area contributed by atoms with E-state index >= 15 is 0 Å². The van der Waals surface area contributed by atoms with Gasteiger partial charge in [-0.25, -0.2) is 9.59 Å². The number of hydrogen-bond donors (Lipinski definition) is 2. The van der Waals surface area contributed by atoms with Gasteiger partial charge in [0.25, 0.3) is 0 Å². The molecule has 2 fully saturated rings. The lowest BCUT2D eigenvalue weighted by Gasteiger charge is -2.38. The number of piperazine rings is 1. The summed E-state index contributed by atoms with van der Waals surface area (Å²) in [7, 11) is 0. The Morgan fingerprint density at radius 1 is 1.35 bits per heavy atom. The zero-order valence-electron chi connectivity index (χ0n) is 11.8. The van der Waals surface area contributed by atoms with Gasteiger partial charge < -0.3 is 20.2 Å². The SMILES string of the molecule is CC(C)C(NC(=O)N1CCN2C(=O)CCC2C1)C(=O)O. The number of amides is 3. The summed E-state index contributed by atoms with van der Waals surface area (Å²) in [6.45, 7) is 5.00. The van der Waals surface area contributed by atoms with Crippen molar-refractivity contribution in [1.82, 2.24) is 15.1 Å². The van der Waals surface area contributed by atoms with Crippen LogP contribution in [0.25, 0.3) is 0 Å². The number of carbonyl (C=O) groups excluding carboxylic acids is 2. The van der Waals surface area contributed by atoms with E-state index in [9.17, 15) is 14.4 Å². The van der Waals surface area contributed by atoms with Crippen LogP contribution in [0.4, 0.5) is 4.79 Å². The second kappa shape index (κ2) is 5.68. The number of urea groups is 1. The summed E-state index contributed by atoms with van der Waals surface area (Å²) in [5, 5.41) is 11.7. The zero-order chi connectivity index (χ0) is 14.9. The van der Waals surface area contributed by atoms with E-state index in [2.05, 4.69) is 5.32 Å². The minimum Gasteiger partial charge on any atom is -0.480 e. The molecule has 2 heterocycles. The van der Waals surface area contributed by atoms with Gasteiger partial charge in [0, 0.05) is 32.1 Å². The maximum absolute atomic E-state index is 12.1. The number of hydrogen-bond acceptors (Lipinski definition) is 3. The predicted molar refractivity (Wildman–Crippen MR) is 71.1 cm³/mol. The van der Waals surface area contributed by atoms with E-state index in [4.69, 9.17) is 5.11 Å². The molecule has 2 unspecified atom stereocenters. The summed E-state index contributed by atoms with van der Waals surface area (Å²) >= 11 is 0. The molecule has 3 amide bonds. The maximum Gasteiger partial charge on any atom is 0.326 e. The molecule has 0 saturated carbocycles. The van der Waals surface area contributed by atoms with Crippen molar-refractivity contribution in [2.24, 2.45) is 5.92 Å². The first-order valence-corrected chi connectivity index (χ1v) is 6.98. The monoisotopic (exact) mass is 283 g/mol. The maximum atomic E-state index is 12.1. The Hall–Kier alpha value is -1.79. The average molecular weight is 283 g/mol. The quantitative estimate of drug-likeness (QED) is 0.769. The predicted octanol–water partition coefficient (Wildman–Crippen LogP) is 0.112. The third-order valence-electron chi connectivity index (χ3n) is 3.99. The molecule has 7 nitrogen and oxygen atoms in total. The fourth-order valence-corrected chi connectivity index (χ4v) is 2.79. The van der Waals surface area contributed by atoms with Crippen molar-refractivity contribution in [3.63, 3.8) is 0 Å². The Bertz CT molecular complexity index is 424. The van der Waals surface area contributed by atoms with Gasteiger partial charge in [-0.1, -0.05) is 13.8 Å². The van der Waals surface area contributed by atoms with Gasteiger partial charge in [-0.2, -0.15) is 0 Å². The minimum atomic E-state index is -1.02. The van der Waals surface area contributed by atoms with Gasteiger partial charge in [-0.05, 0) is 12.3 Å². The topological polar surface area (TPSA) is 90.0 Å². The van der Waals surface area contributed by atoms with Crippen molar-refractivity contribution in [2.45, 2.75) is 38.8 Å². The molecule has 2 rings (SSSR count). The van der Waals surface area contributed by atoms with Gasteiger partial charge in [0.2, 0.25) is 5.91 Å². The van der Waals surface area contributed by atoms with Crippen LogP contribution >= 0.6 is 0 Å². The van der Waals surface area contributed by atoms with Gasteiger partial charge in [-0.3, -0.25) is 4.79 Å². The number of fused-ring (bicyclic) bond motifs is 1. The fraction of sp³-hybridized carbons (Fsp3) is 0.769. The highest BCUT2D eigenvalue weighted by Gasteiger charge is 2.37. The third kappa shape index (κ3) is 2.86. The zero-order valence-corrected chi connectivity index (χ0v) is 11.8. The number of nitrogens with one attached hydrogen (secondary N) is 1. The molecule has 2 saturated heterocycles. The van der Waals surface area contributed by atoms with E-state index in [0.29, 0.717) is 26.1 Å².